The third-order valence-corrected chi connectivity index (χ3v) is 4.48. The van der Waals surface area contributed by atoms with E-state index >= 15 is 0 Å². The zero-order chi connectivity index (χ0) is 16.2. The maximum atomic E-state index is 12.3. The molecule has 1 amide bonds. The Kier molecular flexibility index (Phi) is 4.84. The van der Waals surface area contributed by atoms with Crippen molar-refractivity contribution >= 4 is 5.91 Å². The lowest BCUT2D eigenvalue weighted by molar-refractivity contribution is 0.0903. The summed E-state index contributed by atoms with van der Waals surface area (Å²) in [5, 5.41) is 7.53. The molecule has 124 valence electrons. The zero-order valence-corrected chi connectivity index (χ0v) is 14.0. The minimum Gasteiger partial charge on any atom is -0.454 e. The third kappa shape index (κ3) is 4.03. The van der Waals surface area contributed by atoms with Crippen molar-refractivity contribution < 1.29 is 9.21 Å². The molecule has 3 rings (SSSR count). The molecule has 1 N–H and O–H groups in total. The van der Waals surface area contributed by atoms with E-state index in [0.29, 0.717) is 12.3 Å². The minimum absolute atomic E-state index is 0.100. The summed E-state index contributed by atoms with van der Waals surface area (Å²) in [5.74, 6) is 1.05. The average molecular weight is 315 g/mol. The van der Waals surface area contributed by atoms with Gasteiger partial charge < -0.3 is 9.73 Å². The summed E-state index contributed by atoms with van der Waals surface area (Å²) in [6.45, 7) is 4.54. The maximum Gasteiger partial charge on any atom is 0.287 e. The van der Waals surface area contributed by atoms with Gasteiger partial charge in [-0.3, -0.25) is 9.48 Å². The van der Waals surface area contributed by atoms with Gasteiger partial charge in [0.15, 0.2) is 5.76 Å². The largest absolute Gasteiger partial charge is 0.454 e. The van der Waals surface area contributed by atoms with Crippen LogP contribution >= 0.6 is 0 Å². The van der Waals surface area contributed by atoms with Crippen LogP contribution in [0.1, 0.15) is 66.2 Å². The predicted molar refractivity (Wildman–Crippen MR) is 88.5 cm³/mol. The van der Waals surface area contributed by atoms with E-state index in [1.54, 1.807) is 6.07 Å². The molecule has 5 nitrogen and oxygen atoms in total. The molecule has 1 saturated carbocycles. The Labute approximate surface area is 137 Å². The van der Waals surface area contributed by atoms with Gasteiger partial charge in [0, 0.05) is 11.7 Å². The zero-order valence-electron chi connectivity index (χ0n) is 14.0. The molecule has 2 heterocycles. The summed E-state index contributed by atoms with van der Waals surface area (Å²) in [6.07, 6.45) is 7.11. The molecule has 23 heavy (non-hydrogen) atoms. The van der Waals surface area contributed by atoms with E-state index < -0.39 is 0 Å². The number of hydrogen-bond acceptors (Lipinski definition) is 3. The van der Waals surface area contributed by atoms with Crippen molar-refractivity contribution in [2.45, 2.75) is 65.0 Å². The van der Waals surface area contributed by atoms with Crippen LogP contribution < -0.4 is 5.32 Å². The fraction of sp³-hybridized carbons (Fsp3) is 0.556. The molecular weight excluding hydrogens is 290 g/mol. The number of nitrogens with zero attached hydrogens (tertiary/aromatic N) is 2. The molecule has 0 unspecified atom stereocenters. The lowest BCUT2D eigenvalue weighted by Crippen LogP contribution is -2.34. The van der Waals surface area contributed by atoms with Gasteiger partial charge in [-0.1, -0.05) is 25.7 Å². The first-order chi connectivity index (χ1) is 11.1. The van der Waals surface area contributed by atoms with Crippen LogP contribution in [0.5, 0.6) is 0 Å². The van der Waals surface area contributed by atoms with E-state index in [1.807, 2.05) is 30.7 Å². The normalized spacial score (nSPS) is 16.3. The number of carbonyl (C=O) groups excluding carboxylic acids is 1. The van der Waals surface area contributed by atoms with Gasteiger partial charge in [0.2, 0.25) is 0 Å². The molecule has 2 aromatic heterocycles. The topological polar surface area (TPSA) is 60.1 Å². The van der Waals surface area contributed by atoms with Crippen molar-refractivity contribution in [3.05, 3.63) is 41.1 Å². The Morgan fingerprint density at radius 2 is 2.00 bits per heavy atom. The first-order valence-corrected chi connectivity index (χ1v) is 8.52. The fourth-order valence-corrected chi connectivity index (χ4v) is 3.25. The molecule has 0 bridgehead atoms. The smallest absolute Gasteiger partial charge is 0.287 e. The van der Waals surface area contributed by atoms with Crippen LogP contribution in [0.15, 0.2) is 22.6 Å². The van der Waals surface area contributed by atoms with Crippen LogP contribution in [0.2, 0.25) is 0 Å². The van der Waals surface area contributed by atoms with Gasteiger partial charge in [-0.2, -0.15) is 5.10 Å². The second-order valence-corrected chi connectivity index (χ2v) is 6.51. The van der Waals surface area contributed by atoms with Crippen LogP contribution in [-0.4, -0.2) is 21.7 Å². The number of amides is 1. The van der Waals surface area contributed by atoms with Gasteiger partial charge in [0.05, 0.1) is 12.2 Å². The van der Waals surface area contributed by atoms with Gasteiger partial charge in [-0.05, 0) is 44.9 Å². The van der Waals surface area contributed by atoms with Gasteiger partial charge in [0.25, 0.3) is 5.91 Å². The third-order valence-electron chi connectivity index (χ3n) is 4.48. The van der Waals surface area contributed by atoms with Gasteiger partial charge in [0.1, 0.15) is 5.76 Å². The highest BCUT2D eigenvalue weighted by Crippen LogP contribution is 2.18. The molecule has 2 aromatic rings. The number of rotatable bonds is 4. The maximum absolute atomic E-state index is 12.3. The summed E-state index contributed by atoms with van der Waals surface area (Å²) < 4.78 is 7.60. The summed E-state index contributed by atoms with van der Waals surface area (Å²) >= 11 is 0. The molecule has 1 fully saturated rings. The van der Waals surface area contributed by atoms with Crippen molar-refractivity contribution in [3.8, 4) is 0 Å². The molecule has 0 aromatic carbocycles. The van der Waals surface area contributed by atoms with Crippen LogP contribution in [-0.2, 0) is 6.54 Å². The molecule has 0 atom stereocenters. The summed E-state index contributed by atoms with van der Waals surface area (Å²) in [6, 6.07) is 5.93. The Balaban J connectivity index is 1.61. The number of carbonyl (C=O) groups is 1. The Hall–Kier alpha value is -2.04. The van der Waals surface area contributed by atoms with E-state index in [9.17, 15) is 4.79 Å². The lowest BCUT2D eigenvalue weighted by atomic mass is 10.1. The van der Waals surface area contributed by atoms with Crippen molar-refractivity contribution in [3.63, 3.8) is 0 Å². The quantitative estimate of drug-likeness (QED) is 0.877. The highest BCUT2D eigenvalue weighted by molar-refractivity contribution is 5.91. The van der Waals surface area contributed by atoms with Crippen LogP contribution in [0.25, 0.3) is 0 Å². The Bertz CT molecular complexity index is 664. The summed E-state index contributed by atoms with van der Waals surface area (Å²) in [5.41, 5.74) is 2.07. The van der Waals surface area contributed by atoms with Crippen molar-refractivity contribution in [1.82, 2.24) is 15.1 Å². The van der Waals surface area contributed by atoms with Gasteiger partial charge in [-0.25, -0.2) is 0 Å². The standard InChI is InChI=1S/C18H25N3O2/c1-13-11-14(2)21(20-13)12-16-9-10-17(23-16)18(22)19-15-7-5-3-4-6-8-15/h9-11,15H,3-8,12H2,1-2H3,(H,19,22). The second kappa shape index (κ2) is 7.02. The lowest BCUT2D eigenvalue weighted by Gasteiger charge is -2.14. The average Bonchev–Trinajstić information content (AvgIpc) is 2.99. The molecular formula is C18H25N3O2. The van der Waals surface area contributed by atoms with E-state index in [0.717, 1.165) is 30.0 Å². The minimum atomic E-state index is -0.100. The first-order valence-electron chi connectivity index (χ1n) is 8.52. The SMILES string of the molecule is Cc1cc(C)n(Cc2ccc(C(=O)NC3CCCCCC3)o2)n1. The predicted octanol–water partition coefficient (Wildman–Crippen LogP) is 3.59. The first kappa shape index (κ1) is 15.8. The Morgan fingerprint density at radius 1 is 1.26 bits per heavy atom. The molecule has 1 aliphatic carbocycles. The molecule has 1 aliphatic rings. The number of furan rings is 1. The fourth-order valence-electron chi connectivity index (χ4n) is 3.25. The molecule has 0 radical (unpaired) electrons. The summed E-state index contributed by atoms with van der Waals surface area (Å²) in [4.78, 5) is 12.3. The van der Waals surface area contributed by atoms with Crippen LogP contribution in [0, 0.1) is 13.8 Å². The van der Waals surface area contributed by atoms with E-state index in [-0.39, 0.29) is 11.9 Å². The highest BCUT2D eigenvalue weighted by atomic mass is 16.4. The van der Waals surface area contributed by atoms with Crippen molar-refractivity contribution in [2.75, 3.05) is 0 Å². The summed E-state index contributed by atoms with van der Waals surface area (Å²) in [7, 11) is 0. The second-order valence-electron chi connectivity index (χ2n) is 6.51. The molecule has 5 heteroatoms. The number of aromatic nitrogens is 2. The van der Waals surface area contributed by atoms with E-state index in [1.165, 1.54) is 25.7 Å². The molecule has 0 saturated heterocycles. The van der Waals surface area contributed by atoms with Gasteiger partial charge in [-0.15, -0.1) is 0 Å². The van der Waals surface area contributed by atoms with Gasteiger partial charge >= 0.3 is 0 Å². The van der Waals surface area contributed by atoms with E-state index in [4.69, 9.17) is 4.42 Å². The van der Waals surface area contributed by atoms with E-state index in [2.05, 4.69) is 10.4 Å². The monoisotopic (exact) mass is 315 g/mol. The van der Waals surface area contributed by atoms with Crippen molar-refractivity contribution in [1.29, 1.82) is 0 Å². The molecule has 0 spiro atoms. The van der Waals surface area contributed by atoms with Crippen LogP contribution in [0.3, 0.4) is 0 Å². The number of hydrogen-bond donors (Lipinski definition) is 1. The van der Waals surface area contributed by atoms with Crippen LogP contribution in [0.4, 0.5) is 0 Å². The Morgan fingerprint density at radius 3 is 2.65 bits per heavy atom. The highest BCUT2D eigenvalue weighted by Gasteiger charge is 2.18. The number of nitrogens with one attached hydrogen (secondary N) is 1. The molecule has 0 aliphatic heterocycles. The number of aryl methyl sites for hydroxylation is 2. The van der Waals surface area contributed by atoms with Crippen molar-refractivity contribution in [2.24, 2.45) is 0 Å².